The molecule has 0 amide bonds. The second kappa shape index (κ2) is 8.16. The molecule has 1 aliphatic heterocycles. The summed E-state index contributed by atoms with van der Waals surface area (Å²) < 4.78 is 7.06. The average Bonchev–Trinajstić information content (AvgIpc) is 2.57. The summed E-state index contributed by atoms with van der Waals surface area (Å²) in [5.41, 5.74) is 0. The van der Waals surface area contributed by atoms with Crippen LogP contribution in [0.1, 0.15) is 32.6 Å². The van der Waals surface area contributed by atoms with E-state index in [9.17, 15) is 0 Å². The lowest BCUT2D eigenvalue weighted by atomic mass is 10.0. The van der Waals surface area contributed by atoms with Gasteiger partial charge in [0, 0.05) is 6.54 Å². The summed E-state index contributed by atoms with van der Waals surface area (Å²) >= 11 is 3.69. The van der Waals surface area contributed by atoms with Crippen LogP contribution in [0.2, 0.25) is 0 Å². The fraction of sp³-hybridized carbons (Fsp3) is 0.500. The number of nitrogens with zero attached hydrogens (tertiary/aromatic N) is 1. The molecular weight excluding hydrogens is 350 g/mol. The third kappa shape index (κ3) is 4.48. The van der Waals surface area contributed by atoms with Gasteiger partial charge in [-0.2, -0.15) is 0 Å². The van der Waals surface area contributed by atoms with Crippen molar-refractivity contribution in [2.45, 2.75) is 32.6 Å². The largest absolute Gasteiger partial charge is 0.492 e. The molecule has 0 unspecified atom stereocenters. The van der Waals surface area contributed by atoms with Crippen LogP contribution in [0.5, 0.6) is 5.75 Å². The first kappa shape index (κ1) is 16.8. The summed E-state index contributed by atoms with van der Waals surface area (Å²) in [5.74, 6) is 1.82. The minimum atomic E-state index is 0.792. The van der Waals surface area contributed by atoms with Crippen LogP contribution in [-0.2, 0) is 0 Å². The number of ether oxygens (including phenoxy) is 1. The minimum Gasteiger partial charge on any atom is -0.492 e. The Hall–Kier alpha value is -1.06. The Bertz CT molecular complexity index is 643. The van der Waals surface area contributed by atoms with Gasteiger partial charge in [-0.25, -0.2) is 0 Å². The van der Waals surface area contributed by atoms with Gasteiger partial charge in [-0.15, -0.1) is 0 Å². The summed E-state index contributed by atoms with van der Waals surface area (Å²) in [7, 11) is 0. The van der Waals surface area contributed by atoms with E-state index in [0.29, 0.717) is 0 Å². The Labute approximate surface area is 147 Å². The highest BCUT2D eigenvalue weighted by molar-refractivity contribution is 9.10. The number of hydrogen-bond acceptors (Lipinski definition) is 2. The second-order valence-corrected chi connectivity index (χ2v) is 7.50. The maximum atomic E-state index is 5.99. The summed E-state index contributed by atoms with van der Waals surface area (Å²) in [4.78, 5) is 2.61. The Morgan fingerprint density at radius 2 is 2.04 bits per heavy atom. The standard InChI is InChI=1S/C20H26BrNO/c1-16-7-6-13-22(15-16)12-4-5-14-23-19-11-10-17-8-2-3-9-18(17)20(19)21/h2-3,8-11,16H,4-7,12-15H2,1H3/t16-/m0/s1. The maximum Gasteiger partial charge on any atom is 0.134 e. The molecule has 1 aliphatic rings. The van der Waals surface area contributed by atoms with Crippen molar-refractivity contribution in [1.29, 1.82) is 0 Å². The van der Waals surface area contributed by atoms with Gasteiger partial charge in [-0.1, -0.05) is 37.3 Å². The van der Waals surface area contributed by atoms with Crippen LogP contribution in [0.15, 0.2) is 40.9 Å². The third-order valence-corrected chi connectivity index (χ3v) is 5.51. The summed E-state index contributed by atoms with van der Waals surface area (Å²) in [6.45, 7) is 6.93. The van der Waals surface area contributed by atoms with Crippen LogP contribution < -0.4 is 4.74 Å². The molecular formula is C20H26BrNO. The number of benzene rings is 2. The van der Waals surface area contributed by atoms with E-state index < -0.39 is 0 Å². The number of fused-ring (bicyclic) bond motifs is 1. The number of rotatable bonds is 6. The molecule has 0 radical (unpaired) electrons. The van der Waals surface area contributed by atoms with E-state index in [2.05, 4.69) is 64.2 Å². The molecule has 2 nitrogen and oxygen atoms in total. The second-order valence-electron chi connectivity index (χ2n) is 6.70. The SMILES string of the molecule is C[C@H]1CCCN(CCCCOc2ccc3ccccc3c2Br)C1. The average molecular weight is 376 g/mol. The van der Waals surface area contributed by atoms with Gasteiger partial charge in [0.25, 0.3) is 0 Å². The monoisotopic (exact) mass is 375 g/mol. The zero-order chi connectivity index (χ0) is 16.1. The molecule has 0 saturated carbocycles. The van der Waals surface area contributed by atoms with Crippen LogP contribution in [0, 0.1) is 5.92 Å². The number of halogens is 1. The smallest absolute Gasteiger partial charge is 0.134 e. The fourth-order valence-corrected chi connectivity index (χ4v) is 4.04. The molecule has 0 spiro atoms. The lowest BCUT2D eigenvalue weighted by molar-refractivity contribution is 0.177. The molecule has 124 valence electrons. The first-order chi connectivity index (χ1) is 11.2. The van der Waals surface area contributed by atoms with Crippen molar-refractivity contribution >= 4 is 26.7 Å². The van der Waals surface area contributed by atoms with E-state index in [-0.39, 0.29) is 0 Å². The van der Waals surface area contributed by atoms with Gasteiger partial charge in [0.15, 0.2) is 0 Å². The normalized spacial score (nSPS) is 19.1. The summed E-state index contributed by atoms with van der Waals surface area (Å²) in [6, 6.07) is 12.6. The summed E-state index contributed by atoms with van der Waals surface area (Å²) in [5, 5.41) is 2.46. The first-order valence-electron chi connectivity index (χ1n) is 8.76. The molecule has 1 saturated heterocycles. The van der Waals surface area contributed by atoms with E-state index in [1.54, 1.807) is 0 Å². The van der Waals surface area contributed by atoms with Crippen molar-refractivity contribution in [3.63, 3.8) is 0 Å². The van der Waals surface area contributed by atoms with Crippen molar-refractivity contribution in [3.05, 3.63) is 40.9 Å². The molecule has 1 fully saturated rings. The van der Waals surface area contributed by atoms with E-state index in [0.717, 1.165) is 29.2 Å². The van der Waals surface area contributed by atoms with Gasteiger partial charge >= 0.3 is 0 Å². The molecule has 0 bridgehead atoms. The molecule has 0 N–H and O–H groups in total. The van der Waals surface area contributed by atoms with E-state index in [4.69, 9.17) is 4.74 Å². The molecule has 3 heteroatoms. The first-order valence-corrected chi connectivity index (χ1v) is 9.56. The minimum absolute atomic E-state index is 0.792. The lowest BCUT2D eigenvalue weighted by Crippen LogP contribution is -2.35. The fourth-order valence-electron chi connectivity index (χ4n) is 3.43. The summed E-state index contributed by atoms with van der Waals surface area (Å²) in [6.07, 6.45) is 5.10. The van der Waals surface area contributed by atoms with E-state index >= 15 is 0 Å². The van der Waals surface area contributed by atoms with E-state index in [1.165, 1.54) is 49.7 Å². The quantitative estimate of drug-likeness (QED) is 0.618. The van der Waals surface area contributed by atoms with Crippen molar-refractivity contribution in [2.75, 3.05) is 26.2 Å². The van der Waals surface area contributed by atoms with Gasteiger partial charge in [-0.05, 0) is 77.5 Å². The maximum absolute atomic E-state index is 5.99. The Balaban J connectivity index is 1.45. The number of piperidine rings is 1. The predicted molar refractivity (Wildman–Crippen MR) is 101 cm³/mol. The van der Waals surface area contributed by atoms with Crippen LogP contribution in [0.4, 0.5) is 0 Å². The predicted octanol–water partition coefficient (Wildman–Crippen LogP) is 5.49. The number of hydrogen-bond donors (Lipinski definition) is 0. The lowest BCUT2D eigenvalue weighted by Gasteiger charge is -2.30. The van der Waals surface area contributed by atoms with Crippen LogP contribution in [-0.4, -0.2) is 31.1 Å². The zero-order valence-electron chi connectivity index (χ0n) is 13.9. The third-order valence-electron chi connectivity index (χ3n) is 4.70. The van der Waals surface area contributed by atoms with Gasteiger partial charge in [0.1, 0.15) is 5.75 Å². The Kier molecular flexibility index (Phi) is 5.96. The molecule has 2 aromatic carbocycles. The van der Waals surface area contributed by atoms with Gasteiger partial charge < -0.3 is 9.64 Å². The van der Waals surface area contributed by atoms with Gasteiger partial charge in [-0.3, -0.25) is 0 Å². The van der Waals surface area contributed by atoms with Crippen LogP contribution in [0.25, 0.3) is 10.8 Å². The van der Waals surface area contributed by atoms with Gasteiger partial charge in [0.2, 0.25) is 0 Å². The van der Waals surface area contributed by atoms with Crippen LogP contribution >= 0.6 is 15.9 Å². The number of likely N-dealkylation sites (tertiary alicyclic amines) is 1. The Morgan fingerprint density at radius 1 is 1.17 bits per heavy atom. The molecule has 23 heavy (non-hydrogen) atoms. The topological polar surface area (TPSA) is 12.5 Å². The van der Waals surface area contributed by atoms with E-state index in [1.807, 2.05) is 0 Å². The number of unbranched alkanes of at least 4 members (excludes halogenated alkanes) is 1. The highest BCUT2D eigenvalue weighted by Gasteiger charge is 2.15. The molecule has 0 aliphatic carbocycles. The van der Waals surface area contributed by atoms with Crippen molar-refractivity contribution in [3.8, 4) is 5.75 Å². The van der Waals surface area contributed by atoms with Crippen LogP contribution in [0.3, 0.4) is 0 Å². The highest BCUT2D eigenvalue weighted by atomic mass is 79.9. The van der Waals surface area contributed by atoms with Gasteiger partial charge in [0.05, 0.1) is 11.1 Å². The molecule has 2 aromatic rings. The van der Waals surface area contributed by atoms with Crippen molar-refractivity contribution in [2.24, 2.45) is 5.92 Å². The zero-order valence-corrected chi connectivity index (χ0v) is 15.5. The molecule has 0 aromatic heterocycles. The molecule has 1 atom stereocenters. The van der Waals surface area contributed by atoms with Crippen molar-refractivity contribution < 1.29 is 4.74 Å². The molecule has 3 rings (SSSR count). The molecule has 1 heterocycles. The Morgan fingerprint density at radius 3 is 2.91 bits per heavy atom. The highest BCUT2D eigenvalue weighted by Crippen LogP contribution is 2.33. The van der Waals surface area contributed by atoms with Crippen molar-refractivity contribution in [1.82, 2.24) is 4.90 Å².